The Balaban J connectivity index is 0.000000262. The first kappa shape index (κ1) is 37.9. The zero-order valence-electron chi connectivity index (χ0n) is 37.1. The number of aromatic nitrogens is 2. The molecule has 3 aromatic heterocycles. The molecule has 0 saturated heterocycles. The average Bonchev–Trinajstić information content (AvgIpc) is 3.91. The largest absolute Gasteiger partial charge is 0.501 e. The summed E-state index contributed by atoms with van der Waals surface area (Å²) in [4.78, 5) is 9.23. The number of halogens is 1. The van der Waals surface area contributed by atoms with Gasteiger partial charge in [-0.05, 0) is 81.0 Å². The van der Waals surface area contributed by atoms with Gasteiger partial charge in [0.25, 0.3) is 0 Å². The molecule has 61 heavy (non-hydrogen) atoms. The summed E-state index contributed by atoms with van der Waals surface area (Å²) in [5.74, 6) is 0.349. The van der Waals surface area contributed by atoms with Crippen LogP contribution in [0.4, 0.5) is 4.39 Å². The molecule has 0 aliphatic rings. The van der Waals surface area contributed by atoms with Crippen LogP contribution in [0.25, 0.3) is 87.4 Å². The third-order valence-corrected chi connectivity index (χ3v) is 11.9. The molecule has 3 heterocycles. The molecule has 0 saturated carbocycles. The fraction of sp³-hybridized carbons (Fsp3) is 0.127. The van der Waals surface area contributed by atoms with Crippen LogP contribution in [0, 0.1) is 24.8 Å². The van der Waals surface area contributed by atoms with Crippen LogP contribution in [0.3, 0.4) is 0 Å². The van der Waals surface area contributed by atoms with Crippen molar-refractivity contribution in [2.75, 3.05) is 0 Å². The van der Waals surface area contributed by atoms with Gasteiger partial charge in [-0.3, -0.25) is 9.37 Å². The maximum Gasteiger partial charge on any atom is 0.121 e. The number of thiazole rings is 1. The van der Waals surface area contributed by atoms with Gasteiger partial charge in [-0.25, -0.2) is 0 Å². The van der Waals surface area contributed by atoms with Gasteiger partial charge in [0.2, 0.25) is 0 Å². The van der Waals surface area contributed by atoms with Crippen molar-refractivity contribution in [3.05, 3.63) is 192 Å². The number of aryl methyl sites for hydroxylation is 1. The summed E-state index contributed by atoms with van der Waals surface area (Å²) in [6, 6.07) is 56.5. The quantitative estimate of drug-likeness (QED) is 0.149. The molecule has 6 heteroatoms. The van der Waals surface area contributed by atoms with Crippen LogP contribution in [0.1, 0.15) is 60.3 Å². The van der Waals surface area contributed by atoms with E-state index in [0.717, 1.165) is 43.6 Å². The SMILES string of the molecule is CC(C)c1cc(-c2ccccc2)cc(C(C)C)c1-c1cccc2nc(-c3[c-]ccc4c3oc3cc(-c5ccccc5)ccc34)sc12.[2H]C([2H])([2H])c1ccc(-c2[c-]cc(F)cc2)nc1.[Ir]. The van der Waals surface area contributed by atoms with E-state index in [9.17, 15) is 4.39 Å². The van der Waals surface area contributed by atoms with E-state index in [-0.39, 0.29) is 31.5 Å². The van der Waals surface area contributed by atoms with Gasteiger partial charge in [-0.1, -0.05) is 148 Å². The predicted octanol–water partition coefficient (Wildman–Crippen LogP) is 15.9. The number of hydrogen-bond acceptors (Lipinski definition) is 4. The van der Waals surface area contributed by atoms with Gasteiger partial charge in [-0.15, -0.1) is 48.0 Å². The van der Waals surface area contributed by atoms with Crippen molar-refractivity contribution in [3.63, 3.8) is 0 Å². The minimum atomic E-state index is -2.15. The first-order valence-corrected chi connectivity index (χ1v) is 20.9. The zero-order valence-corrected chi connectivity index (χ0v) is 37.3. The first-order valence-electron chi connectivity index (χ1n) is 21.6. The number of pyridine rings is 1. The number of hydrogen-bond donors (Lipinski definition) is 0. The van der Waals surface area contributed by atoms with Gasteiger partial charge < -0.3 is 9.40 Å². The summed E-state index contributed by atoms with van der Waals surface area (Å²) in [5.41, 5.74) is 15.2. The van der Waals surface area contributed by atoms with Crippen LogP contribution in [0.2, 0.25) is 0 Å². The summed E-state index contributed by atoms with van der Waals surface area (Å²) in [6.45, 7) is 7.05. The Morgan fingerprint density at radius 1 is 0.689 bits per heavy atom. The summed E-state index contributed by atoms with van der Waals surface area (Å²) >= 11 is 1.74. The van der Waals surface area contributed by atoms with Gasteiger partial charge in [0.05, 0.1) is 15.8 Å². The Kier molecular flexibility index (Phi) is 11.1. The van der Waals surface area contributed by atoms with Crippen LogP contribution in [0.15, 0.2) is 162 Å². The van der Waals surface area contributed by atoms with E-state index in [2.05, 4.69) is 154 Å². The van der Waals surface area contributed by atoms with Crippen molar-refractivity contribution in [1.29, 1.82) is 0 Å². The van der Waals surface area contributed by atoms with E-state index in [1.807, 2.05) is 12.1 Å². The Morgan fingerprint density at radius 2 is 1.41 bits per heavy atom. The van der Waals surface area contributed by atoms with Crippen LogP contribution in [-0.2, 0) is 20.1 Å². The molecule has 7 aromatic carbocycles. The minimum absolute atomic E-state index is 0. The van der Waals surface area contributed by atoms with Crippen molar-refractivity contribution in [2.45, 2.75) is 46.4 Å². The van der Waals surface area contributed by atoms with Crippen LogP contribution < -0.4 is 0 Å². The monoisotopic (exact) mass is 994 g/mol. The molecular formula is C55H43FIrN2OS-2. The smallest absolute Gasteiger partial charge is 0.121 e. The molecule has 1 radical (unpaired) electrons. The van der Waals surface area contributed by atoms with Crippen molar-refractivity contribution < 1.29 is 33.0 Å². The van der Waals surface area contributed by atoms with E-state index in [1.54, 1.807) is 23.5 Å². The molecular weight excluding hydrogens is 948 g/mol. The van der Waals surface area contributed by atoms with Crippen molar-refractivity contribution >= 4 is 43.5 Å². The molecule has 0 atom stereocenters. The maximum atomic E-state index is 12.7. The Hall–Kier alpha value is -6.04. The van der Waals surface area contributed by atoms with Gasteiger partial charge in [0, 0.05) is 52.2 Å². The molecule has 0 N–H and O–H groups in total. The molecule has 0 amide bonds. The second-order valence-electron chi connectivity index (χ2n) is 15.5. The maximum absolute atomic E-state index is 12.7. The Morgan fingerprint density at radius 3 is 2.05 bits per heavy atom. The first-order chi connectivity index (χ1) is 30.4. The minimum Gasteiger partial charge on any atom is -0.501 e. The van der Waals surface area contributed by atoms with Crippen LogP contribution in [0.5, 0.6) is 0 Å². The number of benzene rings is 7. The topological polar surface area (TPSA) is 38.9 Å². The molecule has 0 spiro atoms. The van der Waals surface area contributed by atoms with Crippen LogP contribution >= 0.6 is 11.3 Å². The Bertz CT molecular complexity index is 3190. The second-order valence-corrected chi connectivity index (χ2v) is 16.5. The summed E-state index contributed by atoms with van der Waals surface area (Å²) in [7, 11) is 0. The molecule has 10 rings (SSSR count). The van der Waals surface area contributed by atoms with Crippen LogP contribution in [-0.4, -0.2) is 9.97 Å². The molecule has 0 bridgehead atoms. The van der Waals surface area contributed by atoms with E-state index in [0.29, 0.717) is 23.1 Å². The standard InChI is InChI=1S/C43H34NOS.C12H9FN.Ir/c1-26(2)36-23-31(29-15-9-6-10-16-29)24-37(27(3)4)40(36)34-18-12-20-38-42(34)46-43(44-38)35-19-11-17-33-32-22-21-30(25-39(32)45-41(33)35)28-13-7-5-8-14-28;1-9-2-7-12(14-8-9)10-3-5-11(13)6-4-10;/h5-18,20-27H,1-4H3;2-3,5-8H,1H3;/q2*-1;/i;1D3;. The molecule has 0 fully saturated rings. The zero-order chi connectivity index (χ0) is 43.8. The molecule has 0 unspecified atom stereocenters. The third kappa shape index (κ3) is 8.49. The van der Waals surface area contributed by atoms with Crippen molar-refractivity contribution in [1.82, 2.24) is 9.97 Å². The van der Waals surface area contributed by atoms with Crippen molar-refractivity contribution in [3.8, 4) is 55.2 Å². The molecule has 0 aliphatic carbocycles. The fourth-order valence-corrected chi connectivity index (χ4v) is 8.88. The number of nitrogens with zero attached hydrogens (tertiary/aromatic N) is 2. The summed E-state index contributed by atoms with van der Waals surface area (Å²) in [5, 5.41) is 3.12. The molecule has 0 aliphatic heterocycles. The third-order valence-electron chi connectivity index (χ3n) is 10.8. The molecule has 3 nitrogen and oxygen atoms in total. The summed E-state index contributed by atoms with van der Waals surface area (Å²) < 4.78 is 42.1. The number of furan rings is 1. The van der Waals surface area contributed by atoms with E-state index in [1.165, 1.54) is 68.0 Å². The predicted molar refractivity (Wildman–Crippen MR) is 249 cm³/mol. The van der Waals surface area contributed by atoms with Gasteiger partial charge in [-0.2, -0.15) is 11.3 Å². The molecule has 10 aromatic rings. The van der Waals surface area contributed by atoms with Gasteiger partial charge >= 0.3 is 0 Å². The number of rotatable bonds is 7. The van der Waals surface area contributed by atoms with Gasteiger partial charge in [0.15, 0.2) is 0 Å². The van der Waals surface area contributed by atoms with E-state index in [4.69, 9.17) is 13.5 Å². The number of fused-ring (bicyclic) bond motifs is 4. The Labute approximate surface area is 378 Å². The van der Waals surface area contributed by atoms with Gasteiger partial charge in [0.1, 0.15) is 5.58 Å². The summed E-state index contributed by atoms with van der Waals surface area (Å²) in [6.07, 6.45) is 1.31. The molecule has 303 valence electrons. The van der Waals surface area contributed by atoms with E-state index >= 15 is 0 Å². The fourth-order valence-electron chi connectivity index (χ4n) is 7.79. The normalized spacial score (nSPS) is 12.2. The van der Waals surface area contributed by atoms with Crippen molar-refractivity contribution in [2.24, 2.45) is 0 Å². The second kappa shape index (κ2) is 17.9. The average molecular weight is 994 g/mol. The van der Waals surface area contributed by atoms with E-state index < -0.39 is 6.85 Å².